The van der Waals surface area contributed by atoms with Crippen molar-refractivity contribution in [2.75, 3.05) is 30.3 Å². The number of methoxy groups -OCH3 is 1. The molecule has 0 atom stereocenters. The predicted molar refractivity (Wildman–Crippen MR) is 74.7 cm³/mol. The molecule has 2 rings (SSSR count). The number of sulfonamides is 1. The van der Waals surface area contributed by atoms with E-state index in [0.717, 1.165) is 5.56 Å². The second-order valence-electron chi connectivity index (χ2n) is 4.13. The molecule has 5 nitrogen and oxygen atoms in total. The largest absolute Gasteiger partial charge is 0.495 e. The minimum atomic E-state index is -3.23. The average molecular weight is 280 g/mol. The highest BCUT2D eigenvalue weighted by Crippen LogP contribution is 2.33. The van der Waals surface area contributed by atoms with Crippen LogP contribution in [0.25, 0.3) is 0 Å². The van der Waals surface area contributed by atoms with Gasteiger partial charge in [-0.3, -0.25) is 4.31 Å². The van der Waals surface area contributed by atoms with Gasteiger partial charge < -0.3 is 10.5 Å². The Hall–Kier alpha value is -1.71. The number of benzene rings is 1. The van der Waals surface area contributed by atoms with Crippen LogP contribution < -0.4 is 14.8 Å². The summed E-state index contributed by atoms with van der Waals surface area (Å²) in [7, 11) is -1.71. The summed E-state index contributed by atoms with van der Waals surface area (Å²) in [5, 5.41) is 0. The monoisotopic (exact) mass is 280 g/mol. The molecule has 1 aromatic rings. The second-order valence-corrected chi connectivity index (χ2v) is 6.15. The van der Waals surface area contributed by atoms with Gasteiger partial charge in [-0.2, -0.15) is 0 Å². The van der Waals surface area contributed by atoms with Crippen LogP contribution in [0.1, 0.15) is 12.0 Å². The number of hydrogen-bond donors (Lipinski definition) is 1. The molecule has 0 amide bonds. The van der Waals surface area contributed by atoms with Gasteiger partial charge in [-0.1, -0.05) is 11.8 Å². The Morgan fingerprint density at radius 3 is 2.84 bits per heavy atom. The fourth-order valence-electron chi connectivity index (χ4n) is 2.03. The lowest BCUT2D eigenvalue weighted by molar-refractivity contribution is 0.415. The average Bonchev–Trinajstić information content (AvgIpc) is 2.75. The van der Waals surface area contributed by atoms with E-state index in [0.29, 0.717) is 24.4 Å². The molecule has 0 aromatic heterocycles. The quantitative estimate of drug-likeness (QED) is 0.803. The van der Waals surface area contributed by atoms with Gasteiger partial charge in [0.25, 0.3) is 0 Å². The van der Waals surface area contributed by atoms with Crippen LogP contribution >= 0.6 is 0 Å². The number of nitrogens with zero attached hydrogens (tertiary/aromatic N) is 1. The normalized spacial score (nSPS) is 16.8. The Morgan fingerprint density at radius 2 is 2.26 bits per heavy atom. The fourth-order valence-corrected chi connectivity index (χ4v) is 3.59. The molecule has 0 aliphatic carbocycles. The van der Waals surface area contributed by atoms with Gasteiger partial charge >= 0.3 is 0 Å². The van der Waals surface area contributed by atoms with E-state index in [1.54, 1.807) is 18.2 Å². The van der Waals surface area contributed by atoms with Gasteiger partial charge in [-0.15, -0.1) is 0 Å². The first-order valence-corrected chi connectivity index (χ1v) is 7.57. The van der Waals surface area contributed by atoms with Crippen LogP contribution in [-0.4, -0.2) is 34.4 Å². The van der Waals surface area contributed by atoms with E-state index in [-0.39, 0.29) is 12.3 Å². The minimum absolute atomic E-state index is 0.175. The van der Waals surface area contributed by atoms with Crippen LogP contribution in [0, 0.1) is 11.8 Å². The van der Waals surface area contributed by atoms with Crippen molar-refractivity contribution in [1.82, 2.24) is 0 Å². The molecule has 6 heteroatoms. The molecule has 0 spiro atoms. The summed E-state index contributed by atoms with van der Waals surface area (Å²) >= 11 is 0. The lowest BCUT2D eigenvalue weighted by Crippen LogP contribution is -2.25. The van der Waals surface area contributed by atoms with Crippen molar-refractivity contribution in [3.8, 4) is 17.6 Å². The third-order valence-corrected chi connectivity index (χ3v) is 4.74. The smallest absolute Gasteiger partial charge is 0.235 e. The van der Waals surface area contributed by atoms with Gasteiger partial charge in [-0.05, 0) is 24.6 Å². The zero-order chi connectivity index (χ0) is 13.9. The maximum Gasteiger partial charge on any atom is 0.235 e. The second kappa shape index (κ2) is 5.51. The highest BCUT2D eigenvalue weighted by molar-refractivity contribution is 7.93. The molecule has 19 heavy (non-hydrogen) atoms. The Bertz CT molecular complexity index is 629. The van der Waals surface area contributed by atoms with Gasteiger partial charge in [-0.25, -0.2) is 8.42 Å². The van der Waals surface area contributed by atoms with Crippen molar-refractivity contribution in [2.24, 2.45) is 5.73 Å². The van der Waals surface area contributed by atoms with Gasteiger partial charge in [0.1, 0.15) is 5.75 Å². The van der Waals surface area contributed by atoms with E-state index in [2.05, 4.69) is 11.8 Å². The summed E-state index contributed by atoms with van der Waals surface area (Å²) < 4.78 is 30.6. The van der Waals surface area contributed by atoms with Crippen LogP contribution in [0.4, 0.5) is 5.69 Å². The van der Waals surface area contributed by atoms with Gasteiger partial charge in [0.05, 0.1) is 25.1 Å². The number of hydrogen-bond acceptors (Lipinski definition) is 4. The molecular formula is C13H16N2O3S. The predicted octanol–water partition coefficient (Wildman–Crippen LogP) is 0.545. The third kappa shape index (κ3) is 2.83. The molecule has 1 fully saturated rings. The molecule has 0 radical (unpaired) electrons. The number of ether oxygens (including phenoxy) is 1. The first-order valence-electron chi connectivity index (χ1n) is 5.96. The molecule has 1 aliphatic rings. The number of rotatable bonds is 2. The topological polar surface area (TPSA) is 72.6 Å². The zero-order valence-electron chi connectivity index (χ0n) is 10.7. The highest BCUT2D eigenvalue weighted by Gasteiger charge is 2.30. The molecule has 0 bridgehead atoms. The standard InChI is InChI=1S/C13H16N2O3S/c1-18-13-6-5-11(4-2-7-14)10-12(13)15-8-3-9-19(15,16)17/h5-6,10H,3,7-9,14H2,1H3. The van der Waals surface area contributed by atoms with Crippen molar-refractivity contribution >= 4 is 15.7 Å². The van der Waals surface area contributed by atoms with Crippen molar-refractivity contribution < 1.29 is 13.2 Å². The van der Waals surface area contributed by atoms with Gasteiger partial charge in [0.2, 0.25) is 10.0 Å². The number of anilines is 1. The molecule has 1 aromatic carbocycles. The molecular weight excluding hydrogens is 264 g/mol. The van der Waals surface area contributed by atoms with E-state index in [1.807, 2.05) is 0 Å². The Labute approximate surface area is 113 Å². The zero-order valence-corrected chi connectivity index (χ0v) is 11.5. The summed E-state index contributed by atoms with van der Waals surface area (Å²) in [6, 6.07) is 5.24. The molecule has 1 heterocycles. The van der Waals surface area contributed by atoms with E-state index in [4.69, 9.17) is 10.5 Å². The molecule has 102 valence electrons. The maximum atomic E-state index is 12.0. The molecule has 1 aliphatic heterocycles. The lowest BCUT2D eigenvalue weighted by atomic mass is 10.2. The summed E-state index contributed by atoms with van der Waals surface area (Å²) in [4.78, 5) is 0. The van der Waals surface area contributed by atoms with Crippen molar-refractivity contribution in [3.63, 3.8) is 0 Å². The van der Waals surface area contributed by atoms with Crippen LogP contribution in [-0.2, 0) is 10.0 Å². The first kappa shape index (κ1) is 13.7. The Kier molecular flexibility index (Phi) is 3.98. The fraction of sp³-hybridized carbons (Fsp3) is 0.385. The molecule has 2 N–H and O–H groups in total. The summed E-state index contributed by atoms with van der Waals surface area (Å²) in [6.45, 7) is 0.746. The van der Waals surface area contributed by atoms with E-state index < -0.39 is 10.0 Å². The first-order chi connectivity index (χ1) is 9.08. The minimum Gasteiger partial charge on any atom is -0.495 e. The van der Waals surface area contributed by atoms with E-state index in [1.165, 1.54) is 11.4 Å². The van der Waals surface area contributed by atoms with E-state index in [9.17, 15) is 8.42 Å². The van der Waals surface area contributed by atoms with Crippen molar-refractivity contribution in [3.05, 3.63) is 23.8 Å². The Morgan fingerprint density at radius 1 is 1.47 bits per heavy atom. The molecule has 0 unspecified atom stereocenters. The van der Waals surface area contributed by atoms with Crippen LogP contribution in [0.2, 0.25) is 0 Å². The van der Waals surface area contributed by atoms with Crippen molar-refractivity contribution in [1.29, 1.82) is 0 Å². The maximum absolute atomic E-state index is 12.0. The summed E-state index contributed by atoms with van der Waals surface area (Å²) in [5.74, 6) is 6.35. The van der Waals surface area contributed by atoms with Crippen LogP contribution in [0.3, 0.4) is 0 Å². The van der Waals surface area contributed by atoms with Crippen LogP contribution in [0.5, 0.6) is 5.75 Å². The lowest BCUT2D eigenvalue weighted by Gasteiger charge is -2.19. The van der Waals surface area contributed by atoms with Crippen molar-refractivity contribution in [2.45, 2.75) is 6.42 Å². The summed E-state index contributed by atoms with van der Waals surface area (Å²) in [6.07, 6.45) is 0.629. The SMILES string of the molecule is COc1ccc(C#CCN)cc1N1CCCS1(=O)=O. The van der Waals surface area contributed by atoms with Gasteiger partial charge in [0, 0.05) is 12.1 Å². The van der Waals surface area contributed by atoms with E-state index >= 15 is 0 Å². The van der Waals surface area contributed by atoms with Gasteiger partial charge in [0.15, 0.2) is 0 Å². The van der Waals surface area contributed by atoms with Crippen LogP contribution in [0.15, 0.2) is 18.2 Å². The molecule has 1 saturated heterocycles. The Balaban J connectivity index is 2.47. The summed E-state index contributed by atoms with van der Waals surface area (Å²) in [5.41, 5.74) is 6.60. The number of nitrogens with two attached hydrogens (primary N) is 1. The third-order valence-electron chi connectivity index (χ3n) is 2.88. The molecule has 0 saturated carbocycles. The highest BCUT2D eigenvalue weighted by atomic mass is 32.2.